The molecule has 0 bridgehead atoms. The predicted octanol–water partition coefficient (Wildman–Crippen LogP) is 2.13. The van der Waals surface area contributed by atoms with Crippen molar-refractivity contribution < 1.29 is 32.4 Å². The number of alkyl halides is 3. The Hall–Kier alpha value is -1.68. The van der Waals surface area contributed by atoms with Crippen LogP contribution in [0.25, 0.3) is 0 Å². The minimum absolute atomic E-state index is 0.161. The predicted molar refractivity (Wildman–Crippen MR) is 76.2 cm³/mol. The van der Waals surface area contributed by atoms with Gasteiger partial charge in [-0.1, -0.05) is 13.0 Å². The fourth-order valence-electron chi connectivity index (χ4n) is 2.07. The first-order valence-electron chi connectivity index (χ1n) is 6.64. The van der Waals surface area contributed by atoms with Crippen LogP contribution in [0.5, 0.6) is 0 Å². The molecule has 1 rings (SSSR count). The van der Waals surface area contributed by atoms with Crippen LogP contribution in [0.15, 0.2) is 24.4 Å². The summed E-state index contributed by atoms with van der Waals surface area (Å²) in [5.74, 6) is -2.43. The van der Waals surface area contributed by atoms with Crippen molar-refractivity contribution in [3.63, 3.8) is 0 Å². The van der Waals surface area contributed by atoms with Gasteiger partial charge in [-0.05, 0) is 18.6 Å². The average molecular weight is 354 g/mol. The quantitative estimate of drug-likeness (QED) is 0.694. The summed E-state index contributed by atoms with van der Waals surface area (Å²) >= 11 is 0. The molecule has 6 nitrogen and oxygen atoms in total. The lowest BCUT2D eigenvalue weighted by molar-refractivity contribution is -0.268. The zero-order valence-corrected chi connectivity index (χ0v) is 13.0. The van der Waals surface area contributed by atoms with Gasteiger partial charge in [0.25, 0.3) is 0 Å². The van der Waals surface area contributed by atoms with E-state index in [0.29, 0.717) is 0 Å². The molecule has 3 N–H and O–H groups in total. The van der Waals surface area contributed by atoms with Crippen LogP contribution in [0.3, 0.4) is 0 Å². The largest absolute Gasteiger partial charge is 0.480 e. The normalized spacial score (nSPS) is 18.7. The number of halogens is 3. The van der Waals surface area contributed by atoms with Crippen molar-refractivity contribution in [3.05, 3.63) is 30.1 Å². The number of carboxylic acid groups (broad SMARTS) is 1. The van der Waals surface area contributed by atoms with Crippen molar-refractivity contribution in [2.24, 2.45) is 0 Å². The monoisotopic (exact) mass is 354 g/mol. The summed E-state index contributed by atoms with van der Waals surface area (Å²) in [5, 5.41) is 17.4. The molecule has 0 radical (unpaired) electrons. The number of nitrogens with zero attached hydrogens (tertiary/aromatic N) is 1. The summed E-state index contributed by atoms with van der Waals surface area (Å²) in [6.45, 7) is 1.38. The Morgan fingerprint density at radius 3 is 2.43 bits per heavy atom. The van der Waals surface area contributed by atoms with Gasteiger partial charge in [0.05, 0.1) is 15.4 Å². The zero-order valence-electron chi connectivity index (χ0n) is 12.2. The minimum atomic E-state index is -5.11. The van der Waals surface area contributed by atoms with E-state index in [-0.39, 0.29) is 6.42 Å². The van der Waals surface area contributed by atoms with Gasteiger partial charge in [-0.3, -0.25) is 14.6 Å². The van der Waals surface area contributed by atoms with Gasteiger partial charge < -0.3 is 10.2 Å². The molecule has 23 heavy (non-hydrogen) atoms. The van der Waals surface area contributed by atoms with E-state index < -0.39 is 50.6 Å². The van der Waals surface area contributed by atoms with Gasteiger partial charge in [-0.2, -0.15) is 13.2 Å². The van der Waals surface area contributed by atoms with Crippen LogP contribution in [0, 0.1) is 4.78 Å². The van der Waals surface area contributed by atoms with E-state index in [9.17, 15) is 27.3 Å². The maximum atomic E-state index is 13.2. The summed E-state index contributed by atoms with van der Waals surface area (Å²) in [4.78, 5) is 14.5. The van der Waals surface area contributed by atoms with E-state index in [1.54, 1.807) is 0 Å². The van der Waals surface area contributed by atoms with E-state index in [1.807, 2.05) is 0 Å². The molecule has 10 heteroatoms. The standard InChI is InChI=1S/C13H17F3N2O4S/c1-2-9(11(19)20)23(17,22)8-6-12(21,13(14,15)16)10-5-3-4-7-18-10/h3-5,7,9,17,21H,2,6,8H2,1H3,(H,19,20). The number of carboxylic acids is 1. The smallest absolute Gasteiger partial charge is 0.423 e. The molecule has 0 aliphatic rings. The maximum Gasteiger partial charge on any atom is 0.423 e. The molecule has 1 aromatic rings. The van der Waals surface area contributed by atoms with Crippen molar-refractivity contribution in [1.82, 2.24) is 4.98 Å². The fraction of sp³-hybridized carbons (Fsp3) is 0.538. The van der Waals surface area contributed by atoms with E-state index in [1.165, 1.54) is 19.1 Å². The van der Waals surface area contributed by atoms with Crippen molar-refractivity contribution in [2.75, 3.05) is 5.75 Å². The Balaban J connectivity index is 3.13. The Kier molecular flexibility index (Phi) is 5.75. The molecule has 0 fully saturated rings. The van der Waals surface area contributed by atoms with Gasteiger partial charge in [0, 0.05) is 18.4 Å². The lowest BCUT2D eigenvalue weighted by Crippen LogP contribution is -2.45. The molecule has 1 heterocycles. The first-order valence-corrected chi connectivity index (χ1v) is 8.43. The molecule has 0 aromatic carbocycles. The van der Waals surface area contributed by atoms with Gasteiger partial charge in [0.2, 0.25) is 5.60 Å². The second-order valence-corrected chi connectivity index (χ2v) is 7.42. The third-order valence-electron chi connectivity index (χ3n) is 3.43. The number of aliphatic hydroxyl groups is 1. The van der Waals surface area contributed by atoms with Gasteiger partial charge in [0.1, 0.15) is 5.25 Å². The summed E-state index contributed by atoms with van der Waals surface area (Å²) in [7, 11) is -3.86. The molecular weight excluding hydrogens is 337 g/mol. The van der Waals surface area contributed by atoms with Crippen LogP contribution in [-0.4, -0.2) is 42.6 Å². The van der Waals surface area contributed by atoms with Gasteiger partial charge in [-0.25, -0.2) is 4.21 Å². The van der Waals surface area contributed by atoms with Crippen molar-refractivity contribution in [1.29, 1.82) is 4.78 Å². The summed E-state index contributed by atoms with van der Waals surface area (Å²) in [5.41, 5.74) is -4.08. The number of pyridine rings is 1. The number of carbonyl (C=O) groups is 1. The second-order valence-electron chi connectivity index (χ2n) is 4.99. The van der Waals surface area contributed by atoms with E-state index in [4.69, 9.17) is 9.89 Å². The molecule has 3 unspecified atom stereocenters. The van der Waals surface area contributed by atoms with Gasteiger partial charge in [-0.15, -0.1) is 0 Å². The van der Waals surface area contributed by atoms with Crippen molar-refractivity contribution >= 4 is 15.7 Å². The first-order chi connectivity index (χ1) is 10.5. The highest BCUT2D eigenvalue weighted by atomic mass is 32.2. The molecule has 130 valence electrons. The summed E-state index contributed by atoms with van der Waals surface area (Å²) in [6.07, 6.45) is -5.32. The third kappa shape index (κ3) is 4.20. The first kappa shape index (κ1) is 19.4. The molecule has 0 saturated carbocycles. The van der Waals surface area contributed by atoms with Crippen LogP contribution in [0.1, 0.15) is 25.5 Å². The van der Waals surface area contributed by atoms with Crippen LogP contribution in [0.4, 0.5) is 13.2 Å². The van der Waals surface area contributed by atoms with E-state index in [0.717, 1.165) is 12.3 Å². The fourth-order valence-corrected chi connectivity index (χ4v) is 3.82. The average Bonchev–Trinajstić information content (AvgIpc) is 2.44. The number of rotatable bonds is 7. The van der Waals surface area contributed by atoms with Gasteiger partial charge >= 0.3 is 12.1 Å². The number of hydrogen-bond acceptors (Lipinski definition) is 5. The number of nitrogens with one attached hydrogen (secondary N) is 1. The number of aliphatic carboxylic acids is 1. The Bertz CT molecular complexity index is 649. The molecule has 3 atom stereocenters. The Morgan fingerprint density at radius 2 is 2.04 bits per heavy atom. The van der Waals surface area contributed by atoms with Crippen LogP contribution >= 0.6 is 0 Å². The SMILES string of the molecule is CCC(C(=O)O)S(=N)(=O)CCC(O)(c1ccccn1)C(F)(F)F. The molecule has 0 spiro atoms. The zero-order chi connectivity index (χ0) is 17.9. The number of aromatic nitrogens is 1. The summed E-state index contributed by atoms with van der Waals surface area (Å²) < 4.78 is 59.5. The third-order valence-corrected chi connectivity index (χ3v) is 5.70. The molecule has 0 aliphatic heterocycles. The lowest BCUT2D eigenvalue weighted by atomic mass is 9.95. The molecule has 0 amide bonds. The summed E-state index contributed by atoms with van der Waals surface area (Å²) in [6, 6.07) is 3.59. The highest BCUT2D eigenvalue weighted by Gasteiger charge is 2.56. The molecule has 0 saturated heterocycles. The molecule has 0 aliphatic carbocycles. The van der Waals surface area contributed by atoms with Gasteiger partial charge in [0.15, 0.2) is 0 Å². The highest BCUT2D eigenvalue weighted by Crippen LogP contribution is 2.41. The maximum absolute atomic E-state index is 13.2. The number of hydrogen-bond donors (Lipinski definition) is 3. The van der Waals surface area contributed by atoms with Crippen molar-refractivity contribution in [3.8, 4) is 0 Å². The Morgan fingerprint density at radius 1 is 1.43 bits per heavy atom. The van der Waals surface area contributed by atoms with Crippen LogP contribution in [0.2, 0.25) is 0 Å². The van der Waals surface area contributed by atoms with Crippen LogP contribution < -0.4 is 0 Å². The second kappa shape index (κ2) is 6.83. The highest BCUT2D eigenvalue weighted by molar-refractivity contribution is 7.93. The molecule has 1 aromatic heterocycles. The minimum Gasteiger partial charge on any atom is -0.480 e. The topological polar surface area (TPSA) is 111 Å². The lowest BCUT2D eigenvalue weighted by Gasteiger charge is -2.30. The molecular formula is C13H17F3N2O4S. The van der Waals surface area contributed by atoms with E-state index in [2.05, 4.69) is 4.98 Å². The Labute approximate surface area is 131 Å². The van der Waals surface area contributed by atoms with Crippen LogP contribution in [-0.2, 0) is 20.1 Å². The van der Waals surface area contributed by atoms with E-state index >= 15 is 0 Å². The van der Waals surface area contributed by atoms with Crippen molar-refractivity contribution in [2.45, 2.75) is 36.8 Å².